The highest BCUT2D eigenvalue weighted by atomic mass is 19.2. The Morgan fingerprint density at radius 2 is 1.89 bits per heavy atom. The zero-order valence-electron chi connectivity index (χ0n) is 15.5. The summed E-state index contributed by atoms with van der Waals surface area (Å²) in [5, 5.41) is 2.59. The van der Waals surface area contributed by atoms with E-state index in [-0.39, 0.29) is 28.2 Å². The van der Waals surface area contributed by atoms with Crippen molar-refractivity contribution in [2.24, 2.45) is 5.73 Å². The molecule has 4 N–H and O–H groups in total. The van der Waals surface area contributed by atoms with E-state index >= 15 is 0 Å². The smallest absolute Gasteiger partial charge is 0.296 e. The third-order valence-corrected chi connectivity index (χ3v) is 5.18. The van der Waals surface area contributed by atoms with Gasteiger partial charge in [-0.1, -0.05) is 12.3 Å². The Morgan fingerprint density at radius 3 is 2.54 bits per heavy atom. The molecule has 148 valence electrons. The van der Waals surface area contributed by atoms with E-state index in [2.05, 4.69) is 22.1 Å². The number of aryl methyl sites for hydroxylation is 1. The molecule has 0 saturated heterocycles. The van der Waals surface area contributed by atoms with Gasteiger partial charge in [0, 0.05) is 22.7 Å². The first-order chi connectivity index (χ1) is 13.3. The molecule has 0 radical (unpaired) electrons. The first-order valence-corrected chi connectivity index (χ1v) is 8.97. The van der Waals surface area contributed by atoms with Crippen molar-refractivity contribution in [3.8, 4) is 11.8 Å². The predicted octanol–water partition coefficient (Wildman–Crippen LogP) is 3.16. The number of primary amides is 1. The first-order valence-electron chi connectivity index (χ1n) is 8.97. The van der Waals surface area contributed by atoms with E-state index < -0.39 is 40.7 Å². The fourth-order valence-electron chi connectivity index (χ4n) is 4.02. The van der Waals surface area contributed by atoms with Gasteiger partial charge in [-0.3, -0.25) is 9.59 Å². The van der Waals surface area contributed by atoms with Crippen LogP contribution in [0.5, 0.6) is 0 Å². The minimum absolute atomic E-state index is 0.0580. The molecule has 8 heteroatoms. The third kappa shape index (κ3) is 3.33. The molecular weight excluding hydrogens is 371 g/mol. The van der Waals surface area contributed by atoms with Crippen molar-refractivity contribution in [1.82, 2.24) is 10.3 Å². The summed E-state index contributed by atoms with van der Waals surface area (Å²) in [5.74, 6) is -0.683. The molecule has 1 heterocycles. The molecule has 1 saturated carbocycles. The molecule has 5 nitrogen and oxygen atoms in total. The van der Waals surface area contributed by atoms with Gasteiger partial charge in [-0.05, 0) is 44.9 Å². The van der Waals surface area contributed by atoms with Crippen LogP contribution < -0.4 is 11.1 Å². The monoisotopic (exact) mass is 391 g/mol. The number of hydrogen-bond donors (Lipinski definition) is 3. The lowest BCUT2D eigenvalue weighted by Gasteiger charge is -2.30. The van der Waals surface area contributed by atoms with Crippen LogP contribution >= 0.6 is 0 Å². The summed E-state index contributed by atoms with van der Waals surface area (Å²) in [7, 11) is 0. The third-order valence-electron chi connectivity index (χ3n) is 5.18. The molecule has 1 aromatic heterocycles. The van der Waals surface area contributed by atoms with Gasteiger partial charge < -0.3 is 16.0 Å². The van der Waals surface area contributed by atoms with E-state index in [9.17, 15) is 22.8 Å². The van der Waals surface area contributed by atoms with E-state index in [1.165, 1.54) is 13.8 Å². The molecule has 2 atom stereocenters. The number of H-pyrrole nitrogens is 1. The van der Waals surface area contributed by atoms with Crippen LogP contribution in [0.1, 0.15) is 60.1 Å². The van der Waals surface area contributed by atoms with Crippen LogP contribution in [0.15, 0.2) is 0 Å². The van der Waals surface area contributed by atoms with Crippen molar-refractivity contribution in [2.45, 2.75) is 51.5 Å². The molecule has 0 spiro atoms. The Hall–Kier alpha value is -2.95. The largest absolute Gasteiger partial charge is 0.365 e. The van der Waals surface area contributed by atoms with E-state index in [1.54, 1.807) is 0 Å². The minimum Gasteiger partial charge on any atom is -0.365 e. The molecule has 1 aliphatic carbocycles. The van der Waals surface area contributed by atoms with Gasteiger partial charge in [0.15, 0.2) is 17.5 Å². The Kier molecular flexibility index (Phi) is 5.36. The number of aromatic amines is 1. The fraction of sp³-hybridized carbons (Fsp3) is 0.400. The average Bonchev–Trinajstić information content (AvgIpc) is 2.91. The summed E-state index contributed by atoms with van der Waals surface area (Å²) >= 11 is 0. The van der Waals surface area contributed by atoms with Crippen LogP contribution in [0.3, 0.4) is 0 Å². The first kappa shape index (κ1) is 19.8. The van der Waals surface area contributed by atoms with Crippen LogP contribution in [0, 0.1) is 36.2 Å². The molecule has 3 rings (SSSR count). The minimum atomic E-state index is -1.39. The number of hydrogen-bond acceptors (Lipinski definition) is 2. The fourth-order valence-corrected chi connectivity index (χ4v) is 4.02. The maximum atomic E-state index is 15.0. The molecular formula is C20H20F3N3O2. The summed E-state index contributed by atoms with van der Waals surface area (Å²) in [6.45, 7) is 2.95. The van der Waals surface area contributed by atoms with Gasteiger partial charge in [-0.15, -0.1) is 0 Å². The number of rotatable bonds is 3. The maximum Gasteiger partial charge on any atom is 0.296 e. The van der Waals surface area contributed by atoms with Crippen LogP contribution in [0.2, 0.25) is 0 Å². The second kappa shape index (κ2) is 7.58. The number of nitrogens with one attached hydrogen (secondary N) is 2. The lowest BCUT2D eigenvalue weighted by molar-refractivity contribution is -0.116. The van der Waals surface area contributed by atoms with Crippen LogP contribution in [0.4, 0.5) is 13.2 Å². The zero-order chi connectivity index (χ0) is 20.6. The van der Waals surface area contributed by atoms with Crippen molar-refractivity contribution >= 4 is 22.7 Å². The Balaban J connectivity index is 2.11. The SMILES string of the molecule is CC#CC(=O)N[C@H]1CCCC(c2c(F)c(F)c(C(N)=O)c3[nH]c(C)c(F)c23)C1. The normalized spacial score (nSPS) is 19.2. The van der Waals surface area contributed by atoms with E-state index in [0.29, 0.717) is 25.7 Å². The highest BCUT2D eigenvalue weighted by Gasteiger charge is 2.33. The standard InChI is InChI=1S/C20H20F3N3O2/c1-3-5-12(27)26-11-7-4-6-10(8-11)13-14-16(21)9(2)25-19(14)15(20(24)28)18(23)17(13)22/h10-11,25H,4,6-8H2,1-2H3,(H2,24,28)(H,26,27)/t10?,11-/m0/s1. The number of nitrogens with two attached hydrogens (primary N) is 1. The van der Waals surface area contributed by atoms with Gasteiger partial charge in [-0.2, -0.15) is 0 Å². The molecule has 0 bridgehead atoms. The summed E-state index contributed by atoms with van der Waals surface area (Å²) in [6, 6.07) is -0.288. The van der Waals surface area contributed by atoms with E-state index in [4.69, 9.17) is 5.73 Å². The van der Waals surface area contributed by atoms with Crippen LogP contribution in [0.25, 0.3) is 10.9 Å². The highest BCUT2D eigenvalue weighted by Crippen LogP contribution is 2.41. The predicted molar refractivity (Wildman–Crippen MR) is 98.0 cm³/mol. The van der Waals surface area contributed by atoms with Crippen molar-refractivity contribution in [1.29, 1.82) is 0 Å². The second-order valence-corrected chi connectivity index (χ2v) is 7.00. The van der Waals surface area contributed by atoms with Crippen molar-refractivity contribution in [3.63, 3.8) is 0 Å². The Morgan fingerprint density at radius 1 is 1.18 bits per heavy atom. The molecule has 1 aliphatic rings. The highest BCUT2D eigenvalue weighted by molar-refractivity contribution is 6.06. The molecule has 28 heavy (non-hydrogen) atoms. The van der Waals surface area contributed by atoms with Crippen molar-refractivity contribution in [2.75, 3.05) is 0 Å². The van der Waals surface area contributed by atoms with Gasteiger partial charge in [0.2, 0.25) is 0 Å². The lowest BCUT2D eigenvalue weighted by Crippen LogP contribution is -2.37. The number of benzene rings is 1. The number of amides is 2. The van der Waals surface area contributed by atoms with E-state index in [0.717, 1.165) is 0 Å². The van der Waals surface area contributed by atoms with Gasteiger partial charge in [0.1, 0.15) is 5.56 Å². The second-order valence-electron chi connectivity index (χ2n) is 7.00. The number of carbonyl (C=O) groups excluding carboxylic acids is 2. The zero-order valence-corrected chi connectivity index (χ0v) is 15.5. The van der Waals surface area contributed by atoms with Gasteiger partial charge in [-0.25, -0.2) is 13.2 Å². The van der Waals surface area contributed by atoms with Crippen molar-refractivity contribution in [3.05, 3.63) is 34.3 Å². The molecule has 2 aromatic rings. The molecule has 0 aliphatic heterocycles. The quantitative estimate of drug-likeness (QED) is 0.702. The lowest BCUT2D eigenvalue weighted by atomic mass is 9.79. The number of halogens is 3. The van der Waals surface area contributed by atoms with Gasteiger partial charge in [0.05, 0.1) is 5.52 Å². The summed E-state index contributed by atoms with van der Waals surface area (Å²) < 4.78 is 44.4. The molecule has 1 fully saturated rings. The van der Waals surface area contributed by atoms with Gasteiger partial charge >= 0.3 is 0 Å². The number of carbonyl (C=O) groups is 2. The topological polar surface area (TPSA) is 88.0 Å². The summed E-state index contributed by atoms with van der Waals surface area (Å²) in [4.78, 5) is 26.0. The molecule has 2 amide bonds. The summed E-state index contributed by atoms with van der Waals surface area (Å²) in [6.07, 6.45) is 2.11. The van der Waals surface area contributed by atoms with E-state index in [1.807, 2.05) is 0 Å². The Labute approximate surface area is 159 Å². The molecule has 1 aromatic carbocycles. The van der Waals surface area contributed by atoms with Crippen LogP contribution in [-0.2, 0) is 4.79 Å². The maximum absolute atomic E-state index is 15.0. The molecule has 1 unspecified atom stereocenters. The number of aromatic nitrogens is 1. The van der Waals surface area contributed by atoms with Gasteiger partial charge in [0.25, 0.3) is 11.8 Å². The Bertz CT molecular complexity index is 1030. The summed E-state index contributed by atoms with van der Waals surface area (Å²) in [5.41, 5.74) is 4.30. The number of fused-ring (bicyclic) bond motifs is 1. The van der Waals surface area contributed by atoms with Crippen molar-refractivity contribution < 1.29 is 22.8 Å². The van der Waals surface area contributed by atoms with Crippen LogP contribution in [-0.4, -0.2) is 22.8 Å². The average molecular weight is 391 g/mol.